The van der Waals surface area contributed by atoms with Crippen molar-refractivity contribution in [2.75, 3.05) is 20.3 Å². The summed E-state index contributed by atoms with van der Waals surface area (Å²) in [5, 5.41) is 18.2. The van der Waals surface area contributed by atoms with Gasteiger partial charge in [-0.05, 0) is 31.2 Å². The average molecular weight is 240 g/mol. The van der Waals surface area contributed by atoms with Gasteiger partial charge in [0.15, 0.2) is 0 Å². The van der Waals surface area contributed by atoms with E-state index in [4.69, 9.17) is 14.6 Å². The van der Waals surface area contributed by atoms with Gasteiger partial charge in [0.25, 0.3) is 0 Å². The van der Waals surface area contributed by atoms with Gasteiger partial charge in [-0.2, -0.15) is 0 Å². The van der Waals surface area contributed by atoms with Crippen LogP contribution >= 0.6 is 0 Å². The first-order chi connectivity index (χ1) is 7.98. The molecule has 5 heteroatoms. The van der Waals surface area contributed by atoms with Crippen molar-refractivity contribution < 1.29 is 24.5 Å². The summed E-state index contributed by atoms with van der Waals surface area (Å²) < 4.78 is 9.82. The molecule has 0 saturated heterocycles. The highest BCUT2D eigenvalue weighted by Gasteiger charge is 2.21. The smallest absolute Gasteiger partial charge is 0.338 e. The molecule has 94 valence electrons. The molecule has 0 amide bonds. The van der Waals surface area contributed by atoms with Crippen LogP contribution in [0.1, 0.15) is 17.3 Å². The van der Waals surface area contributed by atoms with Crippen LogP contribution in [0, 0.1) is 0 Å². The van der Waals surface area contributed by atoms with Crippen LogP contribution in [0.5, 0.6) is 5.75 Å². The average Bonchev–Trinajstić information content (AvgIpc) is 2.36. The van der Waals surface area contributed by atoms with E-state index in [1.807, 2.05) is 0 Å². The fourth-order valence-electron chi connectivity index (χ4n) is 1.08. The molecule has 1 atom stereocenters. The van der Waals surface area contributed by atoms with Crippen LogP contribution in [-0.2, 0) is 4.74 Å². The van der Waals surface area contributed by atoms with Crippen LogP contribution in [0.15, 0.2) is 24.3 Å². The monoisotopic (exact) mass is 240 g/mol. The van der Waals surface area contributed by atoms with Gasteiger partial charge >= 0.3 is 5.97 Å². The first kappa shape index (κ1) is 13.5. The van der Waals surface area contributed by atoms with Crippen molar-refractivity contribution in [3.63, 3.8) is 0 Å². The molecular formula is C12H16O5. The van der Waals surface area contributed by atoms with E-state index >= 15 is 0 Å². The molecule has 1 rings (SSSR count). The van der Waals surface area contributed by atoms with Crippen molar-refractivity contribution in [2.24, 2.45) is 0 Å². The molecule has 0 aliphatic carbocycles. The molecule has 17 heavy (non-hydrogen) atoms. The van der Waals surface area contributed by atoms with Crippen LogP contribution in [0.25, 0.3) is 0 Å². The largest absolute Gasteiger partial charge is 0.497 e. The van der Waals surface area contributed by atoms with Crippen LogP contribution in [0.2, 0.25) is 0 Å². The number of hydrogen-bond donors (Lipinski definition) is 2. The molecule has 0 aromatic heterocycles. The Hall–Kier alpha value is -1.59. The predicted molar refractivity (Wildman–Crippen MR) is 61.0 cm³/mol. The van der Waals surface area contributed by atoms with Crippen LogP contribution in [0.4, 0.5) is 0 Å². The molecular weight excluding hydrogens is 224 g/mol. The minimum absolute atomic E-state index is 0.256. The zero-order valence-electron chi connectivity index (χ0n) is 9.84. The molecule has 0 aliphatic rings. The molecule has 0 heterocycles. The Balaban J connectivity index is 2.58. The first-order valence-electron chi connectivity index (χ1n) is 5.13. The Morgan fingerprint density at radius 2 is 1.94 bits per heavy atom. The molecule has 5 nitrogen and oxygen atoms in total. The Labute approximate surface area is 99.6 Å². The number of aliphatic hydroxyl groups is 2. The first-order valence-corrected chi connectivity index (χ1v) is 5.13. The number of methoxy groups -OCH3 is 1. The van der Waals surface area contributed by atoms with Gasteiger partial charge in [-0.1, -0.05) is 0 Å². The predicted octanol–water partition coefficient (Wildman–Crippen LogP) is 0.595. The zero-order chi connectivity index (χ0) is 12.9. The molecule has 0 radical (unpaired) electrons. The maximum absolute atomic E-state index is 11.6. The zero-order valence-corrected chi connectivity index (χ0v) is 9.84. The highest BCUT2D eigenvalue weighted by Crippen LogP contribution is 2.13. The fourth-order valence-corrected chi connectivity index (χ4v) is 1.08. The summed E-state index contributed by atoms with van der Waals surface area (Å²) in [4.78, 5) is 11.6. The lowest BCUT2D eigenvalue weighted by Gasteiger charge is -2.19. The molecule has 1 aromatic carbocycles. The second-order valence-electron chi connectivity index (χ2n) is 3.96. The third kappa shape index (κ3) is 4.05. The van der Waals surface area contributed by atoms with Gasteiger partial charge in [-0.3, -0.25) is 0 Å². The fraction of sp³-hybridized carbons (Fsp3) is 0.417. The summed E-state index contributed by atoms with van der Waals surface area (Å²) in [5.74, 6) is 0.0882. The molecule has 2 N–H and O–H groups in total. The van der Waals surface area contributed by atoms with Crippen molar-refractivity contribution in [1.82, 2.24) is 0 Å². The number of carbonyl (C=O) groups excluding carboxylic acids is 1. The topological polar surface area (TPSA) is 76.0 Å². The summed E-state index contributed by atoms with van der Waals surface area (Å²) in [6, 6.07) is 6.41. The number of esters is 1. The van der Waals surface area contributed by atoms with Crippen LogP contribution in [-0.4, -0.2) is 42.1 Å². The molecule has 0 spiro atoms. The summed E-state index contributed by atoms with van der Waals surface area (Å²) in [5.41, 5.74) is -1.05. The van der Waals surface area contributed by atoms with E-state index < -0.39 is 18.2 Å². The Bertz CT molecular complexity index is 369. The lowest BCUT2D eigenvalue weighted by molar-refractivity contribution is -0.0511. The number of rotatable bonds is 5. The Morgan fingerprint density at radius 3 is 2.41 bits per heavy atom. The lowest BCUT2D eigenvalue weighted by atomic mass is 10.1. The van der Waals surface area contributed by atoms with Crippen molar-refractivity contribution in [3.8, 4) is 5.75 Å². The molecule has 0 bridgehead atoms. The second-order valence-corrected chi connectivity index (χ2v) is 3.96. The van der Waals surface area contributed by atoms with Crippen molar-refractivity contribution in [2.45, 2.75) is 12.5 Å². The molecule has 0 saturated carbocycles. The number of hydrogen-bond acceptors (Lipinski definition) is 5. The SMILES string of the molecule is COc1ccc(C(=O)OC[C@](C)(O)CO)cc1. The third-order valence-corrected chi connectivity index (χ3v) is 2.18. The number of carbonyl (C=O) groups is 1. The van der Waals surface area contributed by atoms with E-state index in [1.54, 1.807) is 24.3 Å². The van der Waals surface area contributed by atoms with Crippen LogP contribution < -0.4 is 4.74 Å². The normalized spacial score (nSPS) is 13.9. The highest BCUT2D eigenvalue weighted by atomic mass is 16.5. The quantitative estimate of drug-likeness (QED) is 0.737. The second kappa shape index (κ2) is 5.65. The molecule has 0 unspecified atom stereocenters. The maximum atomic E-state index is 11.6. The van der Waals surface area contributed by atoms with Gasteiger partial charge in [0, 0.05) is 0 Å². The van der Waals surface area contributed by atoms with Crippen molar-refractivity contribution in [3.05, 3.63) is 29.8 Å². The third-order valence-electron chi connectivity index (χ3n) is 2.18. The van der Waals surface area contributed by atoms with Crippen LogP contribution in [0.3, 0.4) is 0 Å². The Kier molecular flexibility index (Phi) is 4.48. The summed E-state index contributed by atoms with van der Waals surface area (Å²) in [6.45, 7) is 0.658. The Morgan fingerprint density at radius 1 is 1.35 bits per heavy atom. The minimum Gasteiger partial charge on any atom is -0.497 e. The van der Waals surface area contributed by atoms with Gasteiger partial charge in [-0.15, -0.1) is 0 Å². The summed E-state index contributed by atoms with van der Waals surface area (Å²) in [6.07, 6.45) is 0. The van der Waals surface area contributed by atoms with Crippen molar-refractivity contribution in [1.29, 1.82) is 0 Å². The standard InChI is InChI=1S/C12H16O5/c1-12(15,7-13)8-17-11(14)9-3-5-10(16-2)6-4-9/h3-6,13,15H,7-8H2,1-2H3/t12-/m1/s1. The van der Waals surface area contributed by atoms with E-state index in [0.29, 0.717) is 11.3 Å². The summed E-state index contributed by atoms with van der Waals surface area (Å²) in [7, 11) is 1.53. The van der Waals surface area contributed by atoms with Gasteiger partial charge in [0.05, 0.1) is 19.3 Å². The minimum atomic E-state index is -1.41. The number of aliphatic hydroxyl groups excluding tert-OH is 1. The molecule has 1 aromatic rings. The van der Waals surface area contributed by atoms with E-state index in [2.05, 4.69) is 0 Å². The molecule has 0 fully saturated rings. The number of benzene rings is 1. The highest BCUT2D eigenvalue weighted by molar-refractivity contribution is 5.89. The van der Waals surface area contributed by atoms with Crippen molar-refractivity contribution >= 4 is 5.97 Å². The van der Waals surface area contributed by atoms with E-state index in [-0.39, 0.29) is 6.61 Å². The van der Waals surface area contributed by atoms with Gasteiger partial charge in [-0.25, -0.2) is 4.79 Å². The maximum Gasteiger partial charge on any atom is 0.338 e. The lowest BCUT2D eigenvalue weighted by Crippen LogP contribution is -2.35. The summed E-state index contributed by atoms with van der Waals surface area (Å²) >= 11 is 0. The van der Waals surface area contributed by atoms with Gasteiger partial charge in [0.1, 0.15) is 18.0 Å². The van der Waals surface area contributed by atoms with Gasteiger partial charge in [0.2, 0.25) is 0 Å². The van der Waals surface area contributed by atoms with Gasteiger partial charge < -0.3 is 19.7 Å². The molecule has 0 aliphatic heterocycles. The van der Waals surface area contributed by atoms with E-state index in [9.17, 15) is 9.90 Å². The van der Waals surface area contributed by atoms with E-state index in [0.717, 1.165) is 0 Å². The van der Waals surface area contributed by atoms with E-state index in [1.165, 1.54) is 14.0 Å². The number of ether oxygens (including phenoxy) is 2.